The minimum absolute atomic E-state index is 0. The molecule has 0 bridgehead atoms. The lowest BCUT2D eigenvalue weighted by Gasteiger charge is -2.29. The van der Waals surface area contributed by atoms with Gasteiger partial charge in [-0.15, -0.1) is 12.4 Å². The molecule has 21 heavy (non-hydrogen) atoms. The fourth-order valence-corrected chi connectivity index (χ4v) is 3.80. The van der Waals surface area contributed by atoms with E-state index in [1.54, 1.807) is 24.3 Å². The molecule has 1 aromatic carbocycles. The third kappa shape index (κ3) is 4.57. The Hall–Kier alpha value is -0.820. The number of piperidine rings is 1. The summed E-state index contributed by atoms with van der Waals surface area (Å²) in [6.07, 6.45) is 2.62. The van der Waals surface area contributed by atoms with Gasteiger partial charge in [-0.1, -0.05) is 6.92 Å². The van der Waals surface area contributed by atoms with Crippen LogP contribution in [0.15, 0.2) is 29.2 Å². The second-order valence-corrected chi connectivity index (χ2v) is 7.02. The predicted molar refractivity (Wildman–Crippen MR) is 85.4 cm³/mol. The normalized spacial score (nSPS) is 19.8. The van der Waals surface area contributed by atoms with E-state index in [4.69, 9.17) is 10.5 Å². The molecular formula is C14H23ClN2O3S. The highest BCUT2D eigenvalue weighted by Crippen LogP contribution is 2.22. The molecule has 0 saturated carbocycles. The van der Waals surface area contributed by atoms with Crippen LogP contribution in [0.3, 0.4) is 0 Å². The third-order valence-corrected chi connectivity index (χ3v) is 5.23. The zero-order valence-corrected chi connectivity index (χ0v) is 13.8. The number of sulfonamides is 1. The average molecular weight is 335 g/mol. The summed E-state index contributed by atoms with van der Waals surface area (Å²) in [5, 5.41) is 0. The predicted octanol–water partition coefficient (Wildman–Crippen LogP) is 2.01. The van der Waals surface area contributed by atoms with E-state index in [1.165, 1.54) is 4.31 Å². The molecule has 5 nitrogen and oxygen atoms in total. The Morgan fingerprint density at radius 2 is 2.00 bits per heavy atom. The molecule has 0 aliphatic carbocycles. The molecule has 0 amide bonds. The first-order valence-electron chi connectivity index (χ1n) is 7.02. The Morgan fingerprint density at radius 3 is 2.57 bits per heavy atom. The van der Waals surface area contributed by atoms with Crippen LogP contribution in [0.25, 0.3) is 0 Å². The fraction of sp³-hybridized carbons (Fsp3) is 0.571. The van der Waals surface area contributed by atoms with E-state index in [2.05, 4.69) is 0 Å². The highest BCUT2D eigenvalue weighted by Gasteiger charge is 2.28. The lowest BCUT2D eigenvalue weighted by molar-refractivity contribution is 0.314. The van der Waals surface area contributed by atoms with Gasteiger partial charge in [-0.2, -0.15) is 4.31 Å². The van der Waals surface area contributed by atoms with Crippen molar-refractivity contribution in [3.63, 3.8) is 0 Å². The Balaban J connectivity index is 0.00000220. The van der Waals surface area contributed by atoms with Crippen molar-refractivity contribution in [2.24, 2.45) is 5.73 Å². The summed E-state index contributed by atoms with van der Waals surface area (Å²) in [5.74, 6) is 0.696. The van der Waals surface area contributed by atoms with E-state index >= 15 is 0 Å². The van der Waals surface area contributed by atoms with Crippen molar-refractivity contribution in [2.75, 3.05) is 19.7 Å². The topological polar surface area (TPSA) is 72.6 Å². The van der Waals surface area contributed by atoms with Gasteiger partial charge in [-0.05, 0) is 43.5 Å². The minimum atomic E-state index is -3.43. The van der Waals surface area contributed by atoms with Gasteiger partial charge in [0.2, 0.25) is 10.0 Å². The molecule has 120 valence electrons. The van der Waals surface area contributed by atoms with E-state index in [0.717, 1.165) is 19.3 Å². The molecule has 1 fully saturated rings. The Labute approximate surface area is 132 Å². The summed E-state index contributed by atoms with van der Waals surface area (Å²) >= 11 is 0. The molecule has 2 N–H and O–H groups in total. The zero-order chi connectivity index (χ0) is 14.6. The van der Waals surface area contributed by atoms with Gasteiger partial charge in [0, 0.05) is 19.1 Å². The van der Waals surface area contributed by atoms with Crippen LogP contribution in [0, 0.1) is 0 Å². The molecule has 1 saturated heterocycles. The number of hydrogen-bond acceptors (Lipinski definition) is 4. The van der Waals surface area contributed by atoms with Crippen LogP contribution in [-0.2, 0) is 10.0 Å². The summed E-state index contributed by atoms with van der Waals surface area (Å²) < 4.78 is 31.9. The highest BCUT2D eigenvalue weighted by molar-refractivity contribution is 7.89. The largest absolute Gasteiger partial charge is 0.494 e. The van der Waals surface area contributed by atoms with Gasteiger partial charge in [-0.3, -0.25) is 0 Å². The molecule has 0 spiro atoms. The van der Waals surface area contributed by atoms with Gasteiger partial charge in [0.1, 0.15) is 5.75 Å². The van der Waals surface area contributed by atoms with Crippen molar-refractivity contribution in [3.05, 3.63) is 24.3 Å². The molecule has 0 aromatic heterocycles. The molecular weight excluding hydrogens is 312 g/mol. The maximum absolute atomic E-state index is 12.5. The van der Waals surface area contributed by atoms with Crippen molar-refractivity contribution in [1.29, 1.82) is 0 Å². The maximum atomic E-state index is 12.5. The van der Waals surface area contributed by atoms with Crippen LogP contribution in [0.5, 0.6) is 5.75 Å². The van der Waals surface area contributed by atoms with Gasteiger partial charge in [0.25, 0.3) is 0 Å². The quantitative estimate of drug-likeness (QED) is 0.894. The molecule has 1 heterocycles. The minimum Gasteiger partial charge on any atom is -0.494 e. The fourth-order valence-electron chi connectivity index (χ4n) is 2.27. The summed E-state index contributed by atoms with van der Waals surface area (Å²) in [6, 6.07) is 6.53. The first-order chi connectivity index (χ1) is 9.54. The van der Waals surface area contributed by atoms with Crippen LogP contribution >= 0.6 is 12.4 Å². The molecule has 2 rings (SSSR count). The number of nitrogens with zero attached hydrogens (tertiary/aromatic N) is 1. The molecule has 7 heteroatoms. The van der Waals surface area contributed by atoms with Gasteiger partial charge in [0.15, 0.2) is 0 Å². The second kappa shape index (κ2) is 7.98. The smallest absolute Gasteiger partial charge is 0.243 e. The number of nitrogens with two attached hydrogens (primary N) is 1. The van der Waals surface area contributed by atoms with Gasteiger partial charge < -0.3 is 10.5 Å². The van der Waals surface area contributed by atoms with Crippen molar-refractivity contribution in [3.8, 4) is 5.75 Å². The highest BCUT2D eigenvalue weighted by atomic mass is 35.5. The van der Waals surface area contributed by atoms with Crippen LogP contribution in [0.4, 0.5) is 0 Å². The number of halogens is 1. The van der Waals surface area contributed by atoms with Crippen LogP contribution in [0.2, 0.25) is 0 Å². The SMILES string of the molecule is CCCOc1ccc(S(=O)(=O)N2CCCC(N)C2)cc1.Cl. The maximum Gasteiger partial charge on any atom is 0.243 e. The first-order valence-corrected chi connectivity index (χ1v) is 8.46. The van der Waals surface area contributed by atoms with Crippen molar-refractivity contribution in [2.45, 2.75) is 37.1 Å². The van der Waals surface area contributed by atoms with Crippen LogP contribution < -0.4 is 10.5 Å². The standard InChI is InChI=1S/C14H22N2O3S.ClH/c1-2-10-19-13-5-7-14(8-6-13)20(17,18)16-9-3-4-12(15)11-16;/h5-8,12H,2-4,9-11,15H2,1H3;1H. The Morgan fingerprint density at radius 1 is 1.33 bits per heavy atom. The molecule has 1 aromatic rings. The monoisotopic (exact) mass is 334 g/mol. The average Bonchev–Trinajstić information content (AvgIpc) is 2.45. The Kier molecular flexibility index (Phi) is 6.93. The number of ether oxygens (including phenoxy) is 1. The van der Waals surface area contributed by atoms with Crippen LogP contribution in [0.1, 0.15) is 26.2 Å². The third-order valence-electron chi connectivity index (χ3n) is 3.35. The first kappa shape index (κ1) is 18.2. The van der Waals surface area contributed by atoms with Gasteiger partial charge in [-0.25, -0.2) is 8.42 Å². The van der Waals surface area contributed by atoms with Crippen molar-refractivity contribution < 1.29 is 13.2 Å². The van der Waals surface area contributed by atoms with E-state index in [0.29, 0.717) is 30.3 Å². The van der Waals surface area contributed by atoms with E-state index in [-0.39, 0.29) is 18.4 Å². The number of rotatable bonds is 5. The lowest BCUT2D eigenvalue weighted by Crippen LogP contribution is -2.45. The summed E-state index contributed by atoms with van der Waals surface area (Å²) in [7, 11) is -3.43. The molecule has 1 atom stereocenters. The van der Waals surface area contributed by atoms with Crippen molar-refractivity contribution >= 4 is 22.4 Å². The van der Waals surface area contributed by atoms with Gasteiger partial charge in [0.05, 0.1) is 11.5 Å². The summed E-state index contributed by atoms with van der Waals surface area (Å²) in [6.45, 7) is 3.60. The summed E-state index contributed by atoms with van der Waals surface area (Å²) in [4.78, 5) is 0.301. The molecule has 1 aliphatic heterocycles. The van der Waals surface area contributed by atoms with E-state index in [1.807, 2.05) is 6.92 Å². The number of hydrogen-bond donors (Lipinski definition) is 1. The van der Waals surface area contributed by atoms with Gasteiger partial charge >= 0.3 is 0 Å². The zero-order valence-electron chi connectivity index (χ0n) is 12.2. The number of benzene rings is 1. The van der Waals surface area contributed by atoms with E-state index in [9.17, 15) is 8.42 Å². The molecule has 1 unspecified atom stereocenters. The van der Waals surface area contributed by atoms with Crippen molar-refractivity contribution in [1.82, 2.24) is 4.31 Å². The Bertz CT molecular complexity index is 534. The van der Waals surface area contributed by atoms with E-state index < -0.39 is 10.0 Å². The molecule has 1 aliphatic rings. The van der Waals surface area contributed by atoms with Crippen LogP contribution in [-0.4, -0.2) is 38.5 Å². The second-order valence-electron chi connectivity index (χ2n) is 5.09. The molecule has 0 radical (unpaired) electrons. The lowest BCUT2D eigenvalue weighted by atomic mass is 10.1. The summed E-state index contributed by atoms with van der Waals surface area (Å²) in [5.41, 5.74) is 5.85.